The third kappa shape index (κ3) is 5.64. The zero-order chi connectivity index (χ0) is 27.7. The lowest BCUT2D eigenvalue weighted by atomic mass is 9.97. The van der Waals surface area contributed by atoms with Crippen LogP contribution in [0.2, 0.25) is 5.02 Å². The van der Waals surface area contributed by atoms with Crippen molar-refractivity contribution in [3.8, 4) is 0 Å². The number of carbonyl (C=O) groups is 1. The molecule has 0 bridgehead atoms. The van der Waals surface area contributed by atoms with Crippen LogP contribution >= 0.6 is 34.7 Å². The monoisotopic (exact) mass is 589 g/mol. The Labute approximate surface area is 235 Å². The lowest BCUT2D eigenvalue weighted by Crippen LogP contribution is -2.25. The van der Waals surface area contributed by atoms with Gasteiger partial charge in [0.15, 0.2) is 5.16 Å². The van der Waals surface area contributed by atoms with Crippen LogP contribution in [0.1, 0.15) is 39.7 Å². The highest BCUT2D eigenvalue weighted by atomic mass is 35.5. The molecule has 39 heavy (non-hydrogen) atoms. The lowest BCUT2D eigenvalue weighted by molar-refractivity contribution is -0.137. The van der Waals surface area contributed by atoms with E-state index in [0.29, 0.717) is 20.9 Å². The summed E-state index contributed by atoms with van der Waals surface area (Å²) in [6.07, 6.45) is 0.822. The van der Waals surface area contributed by atoms with Gasteiger partial charge in [0.25, 0.3) is 5.56 Å². The summed E-state index contributed by atoms with van der Waals surface area (Å²) < 4.78 is 41.4. The molecule has 4 aromatic rings. The van der Waals surface area contributed by atoms with Crippen LogP contribution < -0.4 is 10.9 Å². The molecule has 5 nitrogen and oxygen atoms in total. The van der Waals surface area contributed by atoms with E-state index in [1.807, 2.05) is 0 Å². The third-order valence-corrected chi connectivity index (χ3v) is 9.23. The van der Waals surface area contributed by atoms with Crippen molar-refractivity contribution in [1.82, 2.24) is 9.55 Å². The van der Waals surface area contributed by atoms with E-state index in [9.17, 15) is 22.8 Å². The van der Waals surface area contributed by atoms with Crippen LogP contribution in [0.25, 0.3) is 10.2 Å². The molecule has 5 rings (SSSR count). The Hall–Kier alpha value is -3.08. The molecular formula is C28H23ClF3N3O2S2. The Morgan fingerprint density at radius 3 is 2.67 bits per heavy atom. The molecule has 2 aromatic carbocycles. The molecule has 11 heteroatoms. The van der Waals surface area contributed by atoms with E-state index in [1.54, 1.807) is 36.4 Å². The molecular weight excluding hydrogens is 567 g/mol. The number of amides is 1. The highest BCUT2D eigenvalue weighted by Gasteiger charge is 2.32. The van der Waals surface area contributed by atoms with Gasteiger partial charge in [-0.15, -0.1) is 17.9 Å². The first-order valence-corrected chi connectivity index (χ1v) is 14.3. The number of benzene rings is 2. The summed E-state index contributed by atoms with van der Waals surface area (Å²) in [6, 6.07) is 11.5. The second-order valence-corrected chi connectivity index (χ2v) is 11.6. The third-order valence-electron chi connectivity index (χ3n) is 6.47. The number of carbonyl (C=O) groups excluding carboxylic acids is 1. The largest absolute Gasteiger partial charge is 0.416 e. The summed E-state index contributed by atoms with van der Waals surface area (Å²) in [4.78, 5) is 33.9. The average Bonchev–Trinajstić information content (AvgIpc) is 3.29. The number of aromatic nitrogens is 2. The van der Waals surface area contributed by atoms with Crippen LogP contribution in [0.15, 0.2) is 71.1 Å². The maximum atomic E-state index is 13.7. The summed E-state index contributed by atoms with van der Waals surface area (Å²) in [6.45, 7) is 3.97. The summed E-state index contributed by atoms with van der Waals surface area (Å²) in [5.74, 6) is -0.600. The van der Waals surface area contributed by atoms with Crippen molar-refractivity contribution >= 4 is 56.5 Å². The number of fused-ring (bicyclic) bond motifs is 3. The Morgan fingerprint density at radius 2 is 1.95 bits per heavy atom. The van der Waals surface area contributed by atoms with Crippen molar-refractivity contribution < 1.29 is 18.0 Å². The van der Waals surface area contributed by atoms with E-state index >= 15 is 0 Å². The maximum absolute atomic E-state index is 13.7. The number of hydrogen-bond acceptors (Lipinski definition) is 5. The number of allylic oxidation sites excluding steroid dienone is 1. The molecule has 1 unspecified atom stereocenters. The Balaban J connectivity index is 1.57. The lowest BCUT2D eigenvalue weighted by Gasteiger charge is -2.20. The van der Waals surface area contributed by atoms with Crippen molar-refractivity contribution in [2.75, 3.05) is 5.32 Å². The van der Waals surface area contributed by atoms with Crippen LogP contribution in [0.3, 0.4) is 0 Å². The minimum Gasteiger partial charge on any atom is -0.323 e. The van der Waals surface area contributed by atoms with Gasteiger partial charge >= 0.3 is 6.18 Å². The molecule has 0 aliphatic heterocycles. The molecule has 0 radical (unpaired) electrons. The number of thiophene rings is 1. The molecule has 1 atom stereocenters. The van der Waals surface area contributed by atoms with Crippen molar-refractivity contribution in [2.45, 2.75) is 48.8 Å². The molecule has 0 fully saturated rings. The standard InChI is InChI=1S/C28H23ClF3N3O2S2/c1-2-14-35-26(37)22-18-10-6-7-11-21(18)38-25(22)34-27(35)39-23(16-8-4-3-5-9-16)24(36)33-20-15-17(28(30,31)32)12-13-19(20)29/h2-5,8-9,12-13,15,23H,1,6-7,10-11,14H2,(H,33,36). The predicted molar refractivity (Wildman–Crippen MR) is 151 cm³/mol. The number of alkyl halides is 3. The van der Waals surface area contributed by atoms with Crippen molar-refractivity contribution in [3.05, 3.63) is 98.1 Å². The molecule has 0 saturated carbocycles. The van der Waals surface area contributed by atoms with Gasteiger partial charge in [-0.05, 0) is 55.0 Å². The minimum absolute atomic E-state index is 0.0274. The first-order valence-electron chi connectivity index (χ1n) is 12.2. The van der Waals surface area contributed by atoms with Crippen LogP contribution in [-0.4, -0.2) is 15.5 Å². The van der Waals surface area contributed by atoms with Crippen molar-refractivity contribution in [2.24, 2.45) is 0 Å². The van der Waals surface area contributed by atoms with Crippen LogP contribution in [0, 0.1) is 0 Å². The number of hydrogen-bond donors (Lipinski definition) is 1. The van der Waals surface area contributed by atoms with Gasteiger partial charge in [0.2, 0.25) is 5.91 Å². The minimum atomic E-state index is -4.60. The number of halogens is 4. The molecule has 0 saturated heterocycles. The summed E-state index contributed by atoms with van der Waals surface area (Å²) in [7, 11) is 0. The van der Waals surface area contributed by atoms with E-state index < -0.39 is 22.9 Å². The quantitative estimate of drug-likeness (QED) is 0.136. The molecule has 202 valence electrons. The summed E-state index contributed by atoms with van der Waals surface area (Å²) in [5.41, 5.74) is 0.378. The van der Waals surface area contributed by atoms with E-state index in [4.69, 9.17) is 16.6 Å². The fraction of sp³-hybridized carbons (Fsp3) is 0.250. The molecule has 1 amide bonds. The van der Waals surface area contributed by atoms with Gasteiger partial charge in [-0.25, -0.2) is 4.98 Å². The van der Waals surface area contributed by atoms with Crippen molar-refractivity contribution in [1.29, 1.82) is 0 Å². The van der Waals surface area contributed by atoms with E-state index in [1.165, 1.54) is 20.8 Å². The fourth-order valence-electron chi connectivity index (χ4n) is 4.60. The van der Waals surface area contributed by atoms with Gasteiger partial charge in [-0.3, -0.25) is 14.2 Å². The topological polar surface area (TPSA) is 64.0 Å². The van der Waals surface area contributed by atoms with E-state index in [0.717, 1.165) is 61.2 Å². The number of nitrogens with one attached hydrogen (secondary N) is 1. The molecule has 1 N–H and O–H groups in total. The highest BCUT2D eigenvalue weighted by Crippen LogP contribution is 2.40. The zero-order valence-corrected chi connectivity index (χ0v) is 22.9. The molecule has 1 aliphatic carbocycles. The first-order chi connectivity index (χ1) is 18.7. The van der Waals surface area contributed by atoms with Gasteiger partial charge < -0.3 is 5.32 Å². The smallest absolute Gasteiger partial charge is 0.323 e. The second kappa shape index (κ2) is 11.2. The highest BCUT2D eigenvalue weighted by molar-refractivity contribution is 8.00. The molecule has 1 aliphatic rings. The Kier molecular flexibility index (Phi) is 7.89. The van der Waals surface area contributed by atoms with Crippen LogP contribution in [-0.2, 0) is 30.4 Å². The average molecular weight is 590 g/mol. The van der Waals surface area contributed by atoms with Crippen LogP contribution in [0.4, 0.5) is 18.9 Å². The van der Waals surface area contributed by atoms with Gasteiger partial charge in [0.05, 0.1) is 21.7 Å². The second-order valence-electron chi connectivity index (χ2n) is 9.08. The Morgan fingerprint density at radius 1 is 1.21 bits per heavy atom. The normalized spacial score (nSPS) is 14.2. The number of thioether (sulfide) groups is 1. The van der Waals surface area contributed by atoms with Gasteiger partial charge in [0, 0.05) is 11.4 Å². The van der Waals surface area contributed by atoms with Gasteiger partial charge in [-0.2, -0.15) is 13.2 Å². The number of anilines is 1. The summed E-state index contributed by atoms with van der Waals surface area (Å²) >= 11 is 8.71. The summed E-state index contributed by atoms with van der Waals surface area (Å²) in [5, 5.41) is 2.54. The first kappa shape index (κ1) is 27.5. The van der Waals surface area contributed by atoms with Gasteiger partial charge in [-0.1, -0.05) is 59.8 Å². The maximum Gasteiger partial charge on any atom is 0.416 e. The SMILES string of the molecule is C=CCn1c(SC(C(=O)Nc2cc(C(F)(F)F)ccc2Cl)c2ccccc2)nc2sc3c(c2c1=O)CCCC3. The van der Waals surface area contributed by atoms with Gasteiger partial charge in [0.1, 0.15) is 10.1 Å². The molecule has 2 aromatic heterocycles. The predicted octanol–water partition coefficient (Wildman–Crippen LogP) is 7.67. The number of nitrogens with zero attached hydrogens (tertiary/aromatic N) is 2. The number of aryl methyl sites for hydroxylation is 2. The molecule has 0 spiro atoms. The number of rotatable bonds is 7. The molecule has 2 heterocycles. The zero-order valence-electron chi connectivity index (χ0n) is 20.6. The van der Waals surface area contributed by atoms with E-state index in [-0.39, 0.29) is 22.8 Å². The van der Waals surface area contributed by atoms with Crippen molar-refractivity contribution in [3.63, 3.8) is 0 Å². The van der Waals surface area contributed by atoms with E-state index in [2.05, 4.69) is 11.9 Å². The fourth-order valence-corrected chi connectivity index (χ4v) is 7.17. The van der Waals surface area contributed by atoms with Crippen LogP contribution in [0.5, 0.6) is 0 Å². The Bertz CT molecular complexity index is 1620.